The number of rotatable bonds is 13. The number of benzene rings is 1. The Morgan fingerprint density at radius 3 is 1.96 bits per heavy atom. The van der Waals surface area contributed by atoms with Gasteiger partial charge in [-0.15, -0.1) is 0 Å². The van der Waals surface area contributed by atoms with E-state index < -0.39 is 0 Å². The maximum atomic E-state index is 10.9. The van der Waals surface area contributed by atoms with Crippen LogP contribution in [0.3, 0.4) is 0 Å². The van der Waals surface area contributed by atoms with E-state index in [9.17, 15) is 14.4 Å². The van der Waals surface area contributed by atoms with Crippen molar-refractivity contribution in [2.45, 2.75) is 39.5 Å². The molecule has 0 bridgehead atoms. The minimum atomic E-state index is -0.0945. The van der Waals surface area contributed by atoms with Crippen molar-refractivity contribution < 1.29 is 24.1 Å². The Morgan fingerprint density at radius 1 is 0.885 bits per heavy atom. The summed E-state index contributed by atoms with van der Waals surface area (Å²) in [4.78, 5) is 42.8. The topological polar surface area (TPSA) is 94.4 Å². The van der Waals surface area contributed by atoms with Crippen molar-refractivity contribution in [2.75, 3.05) is 13.2 Å². The van der Waals surface area contributed by atoms with Gasteiger partial charge in [0.2, 0.25) is 0 Å². The zero-order valence-corrected chi connectivity index (χ0v) is 15.1. The molecule has 7 nitrogen and oxygen atoms in total. The summed E-state index contributed by atoms with van der Waals surface area (Å²) in [5.41, 5.74) is 1.84. The lowest BCUT2D eigenvalue weighted by atomic mass is 10.1. The van der Waals surface area contributed by atoms with Crippen LogP contribution < -0.4 is 0 Å². The number of Topliss-reactive ketones (excluding diaryl/α,β-unsaturated/α-hetero) is 1. The number of nitrogens with zero attached hydrogens (tertiary/aromatic N) is 2. The number of carbonyl (C=O) groups excluding carboxylic acids is 3. The molecule has 140 valence electrons. The predicted molar refractivity (Wildman–Crippen MR) is 99.0 cm³/mol. The zero-order chi connectivity index (χ0) is 19.2. The first-order chi connectivity index (χ1) is 12.6. The summed E-state index contributed by atoms with van der Waals surface area (Å²) < 4.78 is 0. The maximum absolute atomic E-state index is 10.9. The highest BCUT2D eigenvalue weighted by Gasteiger charge is 1.99. The van der Waals surface area contributed by atoms with E-state index in [0.29, 0.717) is 48.2 Å². The van der Waals surface area contributed by atoms with Crippen molar-refractivity contribution in [3.63, 3.8) is 0 Å². The number of hydrogen-bond donors (Lipinski definition) is 0. The van der Waals surface area contributed by atoms with Crippen molar-refractivity contribution in [3.05, 3.63) is 34.9 Å². The molecule has 26 heavy (non-hydrogen) atoms. The van der Waals surface area contributed by atoms with E-state index in [2.05, 4.69) is 10.3 Å². The van der Waals surface area contributed by atoms with Crippen LogP contribution in [0.5, 0.6) is 0 Å². The lowest BCUT2D eigenvalue weighted by Gasteiger charge is -2.02. The monoisotopic (exact) mass is 360 g/mol. The van der Waals surface area contributed by atoms with Crippen molar-refractivity contribution in [1.29, 1.82) is 0 Å². The molecule has 0 spiro atoms. The van der Waals surface area contributed by atoms with Gasteiger partial charge in [0.15, 0.2) is 5.78 Å². The highest BCUT2D eigenvalue weighted by atomic mass is 16.6. The van der Waals surface area contributed by atoms with E-state index in [1.54, 1.807) is 19.1 Å². The molecule has 0 aliphatic rings. The number of carbonyl (C=O) groups is 3. The van der Waals surface area contributed by atoms with Gasteiger partial charge >= 0.3 is 0 Å². The molecule has 0 heterocycles. The normalized spacial score (nSPS) is 11.4. The highest BCUT2D eigenvalue weighted by Crippen LogP contribution is 2.06. The molecule has 1 aromatic carbocycles. The van der Waals surface area contributed by atoms with Crippen LogP contribution in [-0.2, 0) is 14.5 Å². The zero-order valence-electron chi connectivity index (χ0n) is 15.1. The van der Waals surface area contributed by atoms with Gasteiger partial charge in [0, 0.05) is 18.1 Å². The van der Waals surface area contributed by atoms with Crippen LogP contribution in [0, 0.1) is 0 Å². The first-order valence-electron chi connectivity index (χ1n) is 8.45. The van der Waals surface area contributed by atoms with Crippen LogP contribution >= 0.6 is 0 Å². The third-order valence-electron chi connectivity index (χ3n) is 3.48. The summed E-state index contributed by atoms with van der Waals surface area (Å²) in [5, 5.41) is 7.56. The van der Waals surface area contributed by atoms with Crippen molar-refractivity contribution in [1.82, 2.24) is 0 Å². The molecule has 0 atom stereocenters. The first kappa shape index (κ1) is 21.2. The summed E-state index contributed by atoms with van der Waals surface area (Å²) in [7, 11) is 0. The number of unbranched alkanes of at least 4 members (excludes halogenated alkanes) is 3. The molecular weight excluding hydrogens is 336 g/mol. The quantitative estimate of drug-likeness (QED) is 0.233. The fraction of sp³-hybridized carbons (Fsp3) is 0.421. The SMILES string of the molecule is CC(=O)C(C)=NOCCCCCCON=Cc1cc(C=O)cc(C=O)c1. The number of hydrogen-bond acceptors (Lipinski definition) is 7. The van der Waals surface area contributed by atoms with Gasteiger partial charge in [-0.05, 0) is 56.4 Å². The van der Waals surface area contributed by atoms with Crippen LogP contribution in [0.4, 0.5) is 0 Å². The van der Waals surface area contributed by atoms with Crippen LogP contribution in [0.15, 0.2) is 28.5 Å². The van der Waals surface area contributed by atoms with E-state index in [4.69, 9.17) is 9.68 Å². The standard InChI is InChI=1S/C19H24N2O5/c1-15(16(2)24)21-26-8-6-4-3-5-7-25-20-12-17-9-18(13-22)11-19(10-17)14-23/h9-14H,3-8H2,1-2H3. The average Bonchev–Trinajstić information content (AvgIpc) is 2.65. The van der Waals surface area contributed by atoms with Gasteiger partial charge in [-0.25, -0.2) is 0 Å². The number of ketones is 1. The number of aldehydes is 2. The molecule has 0 aromatic heterocycles. The van der Waals surface area contributed by atoms with Gasteiger partial charge < -0.3 is 9.68 Å². The molecule has 1 aromatic rings. The average molecular weight is 360 g/mol. The Labute approximate surface area is 153 Å². The molecular formula is C19H24N2O5. The highest BCUT2D eigenvalue weighted by molar-refractivity contribution is 6.37. The summed E-state index contributed by atoms with van der Waals surface area (Å²) >= 11 is 0. The van der Waals surface area contributed by atoms with E-state index >= 15 is 0 Å². The smallest absolute Gasteiger partial charge is 0.177 e. The van der Waals surface area contributed by atoms with E-state index in [-0.39, 0.29) is 5.78 Å². The molecule has 1 rings (SSSR count). The van der Waals surface area contributed by atoms with Crippen LogP contribution in [0.2, 0.25) is 0 Å². The van der Waals surface area contributed by atoms with Crippen LogP contribution in [-0.4, -0.2) is 43.5 Å². The largest absolute Gasteiger partial charge is 0.396 e. The lowest BCUT2D eigenvalue weighted by molar-refractivity contribution is -0.111. The van der Waals surface area contributed by atoms with E-state index in [1.807, 2.05) is 0 Å². The molecule has 0 N–H and O–H groups in total. The predicted octanol–water partition coefficient (Wildman–Crippen LogP) is 3.20. The molecule has 0 radical (unpaired) electrons. The fourth-order valence-corrected chi connectivity index (χ4v) is 1.96. The van der Waals surface area contributed by atoms with Crippen LogP contribution in [0.1, 0.15) is 65.8 Å². The van der Waals surface area contributed by atoms with Gasteiger partial charge in [0.05, 0.1) is 6.21 Å². The van der Waals surface area contributed by atoms with Gasteiger partial charge in [0.1, 0.15) is 31.5 Å². The molecule has 7 heteroatoms. The van der Waals surface area contributed by atoms with Crippen molar-refractivity contribution in [3.8, 4) is 0 Å². The molecule has 0 unspecified atom stereocenters. The Morgan fingerprint density at radius 2 is 1.42 bits per heavy atom. The molecule has 0 aliphatic heterocycles. The Kier molecular flexibility index (Phi) is 10.2. The first-order valence-corrected chi connectivity index (χ1v) is 8.45. The van der Waals surface area contributed by atoms with E-state index in [0.717, 1.165) is 25.7 Å². The second-order valence-corrected chi connectivity index (χ2v) is 5.72. The molecule has 0 amide bonds. The minimum absolute atomic E-state index is 0.0945. The second-order valence-electron chi connectivity index (χ2n) is 5.72. The molecule has 0 fully saturated rings. The second kappa shape index (κ2) is 12.5. The summed E-state index contributed by atoms with van der Waals surface area (Å²) in [6.07, 6.45) is 6.47. The third-order valence-corrected chi connectivity index (χ3v) is 3.48. The summed E-state index contributed by atoms with van der Waals surface area (Å²) in [6.45, 7) is 4.03. The van der Waals surface area contributed by atoms with Crippen LogP contribution in [0.25, 0.3) is 0 Å². The minimum Gasteiger partial charge on any atom is -0.396 e. The fourth-order valence-electron chi connectivity index (χ4n) is 1.96. The molecule has 0 aliphatic carbocycles. The maximum Gasteiger partial charge on any atom is 0.177 e. The summed E-state index contributed by atoms with van der Waals surface area (Å²) in [5.74, 6) is -0.0945. The Balaban J connectivity index is 2.15. The van der Waals surface area contributed by atoms with E-state index in [1.165, 1.54) is 19.2 Å². The van der Waals surface area contributed by atoms with Gasteiger partial charge in [-0.3, -0.25) is 14.4 Å². The van der Waals surface area contributed by atoms with Crippen molar-refractivity contribution in [2.24, 2.45) is 10.3 Å². The van der Waals surface area contributed by atoms with Gasteiger partial charge in [-0.2, -0.15) is 0 Å². The van der Waals surface area contributed by atoms with Crippen molar-refractivity contribution >= 4 is 30.3 Å². The van der Waals surface area contributed by atoms with Gasteiger partial charge in [0.25, 0.3) is 0 Å². The third kappa shape index (κ3) is 8.86. The summed E-state index contributed by atoms with van der Waals surface area (Å²) in [6, 6.07) is 4.76. The Hall–Kier alpha value is -2.83. The Bertz CT molecular complexity index is 642. The van der Waals surface area contributed by atoms with Gasteiger partial charge in [-0.1, -0.05) is 10.3 Å². The lowest BCUT2D eigenvalue weighted by Crippen LogP contribution is -2.05. The number of oxime groups is 2. The molecule has 0 saturated heterocycles. The molecule has 0 saturated carbocycles.